The van der Waals surface area contributed by atoms with Crippen molar-refractivity contribution in [3.8, 4) is 0 Å². The van der Waals surface area contributed by atoms with E-state index >= 15 is 0 Å². The summed E-state index contributed by atoms with van der Waals surface area (Å²) in [6.07, 6.45) is 0. The van der Waals surface area contributed by atoms with Gasteiger partial charge in [-0.1, -0.05) is 0 Å². The maximum atomic E-state index is 5.08. The predicted octanol–water partition coefficient (Wildman–Crippen LogP) is 0.890. The molecular weight excluding hydrogens is 271 g/mol. The van der Waals surface area contributed by atoms with Gasteiger partial charge in [0.1, 0.15) is 0 Å². The molecule has 0 aliphatic rings. The number of rotatable bonds is 3. The van der Waals surface area contributed by atoms with E-state index in [-0.39, 0.29) is 5.60 Å². The van der Waals surface area contributed by atoms with E-state index in [1.54, 1.807) is 7.11 Å². The summed E-state index contributed by atoms with van der Waals surface area (Å²) in [4.78, 5) is 0. The fourth-order valence-corrected chi connectivity index (χ4v) is 1.48. The zero-order valence-electron chi connectivity index (χ0n) is 5.52. The number of ether oxygens (including phenoxy) is 1. The van der Waals surface area contributed by atoms with Crippen LogP contribution in [-0.2, 0) is 32.4 Å². The van der Waals surface area contributed by atoms with Crippen molar-refractivity contribution in [2.45, 2.75) is 19.4 Å². The summed E-state index contributed by atoms with van der Waals surface area (Å²) in [5.74, 6) is 0. The second-order valence-corrected chi connectivity index (χ2v) is 3.29. The van der Waals surface area contributed by atoms with Crippen molar-refractivity contribution >= 4 is 0 Å². The summed E-state index contributed by atoms with van der Waals surface area (Å²) >= 11 is 0.794. The van der Waals surface area contributed by atoms with Crippen molar-refractivity contribution in [1.29, 1.82) is 0 Å². The third kappa shape index (κ3) is 3.75. The SMILES string of the molecule is COC(C)(C)C[O][Hf]. The van der Waals surface area contributed by atoms with E-state index in [0.717, 1.165) is 24.8 Å². The molecule has 0 saturated heterocycles. The second kappa shape index (κ2) is 3.75. The van der Waals surface area contributed by atoms with Gasteiger partial charge >= 0.3 is 65.6 Å². The molecule has 0 aromatic carbocycles. The number of methoxy groups -OCH3 is 1. The zero-order valence-corrected chi connectivity index (χ0v) is 9.12. The minimum absolute atomic E-state index is 0.0955. The van der Waals surface area contributed by atoms with Gasteiger partial charge < -0.3 is 0 Å². The molecule has 0 aromatic heterocycles. The number of hydrogen-bond donors (Lipinski definition) is 0. The average Bonchev–Trinajstić information content (AvgIpc) is 1.67. The van der Waals surface area contributed by atoms with E-state index in [9.17, 15) is 0 Å². The van der Waals surface area contributed by atoms with E-state index in [0.29, 0.717) is 6.61 Å². The first-order valence-corrected chi connectivity index (χ1v) is 3.93. The molecule has 0 atom stereocenters. The Kier molecular flexibility index (Phi) is 4.12. The summed E-state index contributed by atoms with van der Waals surface area (Å²) in [6.45, 7) is 4.71. The molecule has 0 spiro atoms. The van der Waals surface area contributed by atoms with E-state index in [2.05, 4.69) is 0 Å². The standard InChI is InChI=1S/C5H11O2.Hf/c1-5(2,4-6)7-3;/h4H2,1-3H3;/q-1;+1. The van der Waals surface area contributed by atoms with Gasteiger partial charge in [-0.3, -0.25) is 0 Å². The van der Waals surface area contributed by atoms with Gasteiger partial charge in [-0.05, 0) is 0 Å². The third-order valence-corrected chi connectivity index (χ3v) is 1.49. The van der Waals surface area contributed by atoms with Crippen LogP contribution in [0, 0.1) is 0 Å². The molecule has 0 bridgehead atoms. The first-order chi connectivity index (χ1) is 3.62. The normalized spacial score (nSPS) is 11.8. The van der Waals surface area contributed by atoms with E-state index in [1.807, 2.05) is 13.8 Å². The van der Waals surface area contributed by atoms with E-state index < -0.39 is 0 Å². The Bertz CT molecular complexity index is 63.4. The fraction of sp³-hybridized carbons (Fsp3) is 1.00. The predicted molar refractivity (Wildman–Crippen MR) is 27.0 cm³/mol. The molecule has 47 valence electrons. The number of hydrogen-bond acceptors (Lipinski definition) is 2. The molecule has 0 rings (SSSR count). The van der Waals surface area contributed by atoms with Crippen LogP contribution in [-0.4, -0.2) is 19.3 Å². The third-order valence-electron chi connectivity index (χ3n) is 0.972. The van der Waals surface area contributed by atoms with Crippen LogP contribution in [0.4, 0.5) is 0 Å². The second-order valence-electron chi connectivity index (χ2n) is 2.25. The van der Waals surface area contributed by atoms with Crippen LogP contribution in [0.3, 0.4) is 0 Å². The Morgan fingerprint density at radius 2 is 2.00 bits per heavy atom. The summed E-state index contributed by atoms with van der Waals surface area (Å²) in [6, 6.07) is 0. The molecule has 0 aliphatic heterocycles. The molecule has 0 unspecified atom stereocenters. The molecular formula is C5H11HfO2. The van der Waals surface area contributed by atoms with Gasteiger partial charge in [0.25, 0.3) is 0 Å². The van der Waals surface area contributed by atoms with Gasteiger partial charge in [-0.2, -0.15) is 0 Å². The fourth-order valence-electron chi connectivity index (χ4n) is 0.233. The minimum atomic E-state index is -0.0955. The topological polar surface area (TPSA) is 18.5 Å². The van der Waals surface area contributed by atoms with E-state index in [4.69, 9.17) is 7.59 Å². The van der Waals surface area contributed by atoms with E-state index in [1.165, 1.54) is 0 Å². The van der Waals surface area contributed by atoms with Gasteiger partial charge in [0.15, 0.2) is 0 Å². The molecule has 3 heteroatoms. The van der Waals surface area contributed by atoms with Crippen LogP contribution in [0.15, 0.2) is 0 Å². The zero-order chi connectivity index (χ0) is 6.62. The van der Waals surface area contributed by atoms with Crippen molar-refractivity contribution in [2.75, 3.05) is 13.7 Å². The van der Waals surface area contributed by atoms with Crippen molar-refractivity contribution in [2.24, 2.45) is 0 Å². The van der Waals surface area contributed by atoms with Crippen LogP contribution in [0.5, 0.6) is 0 Å². The van der Waals surface area contributed by atoms with Crippen molar-refractivity contribution < 1.29 is 32.4 Å². The maximum absolute atomic E-state index is 5.08. The summed E-state index contributed by atoms with van der Waals surface area (Å²) < 4.78 is 10.1. The van der Waals surface area contributed by atoms with Crippen LogP contribution < -0.4 is 0 Å². The molecule has 0 fully saturated rings. The van der Waals surface area contributed by atoms with Gasteiger partial charge in [0.2, 0.25) is 0 Å². The molecule has 0 radical (unpaired) electrons. The van der Waals surface area contributed by atoms with Gasteiger partial charge in [0, 0.05) is 0 Å². The summed E-state index contributed by atoms with van der Waals surface area (Å²) in [5, 5.41) is 0. The van der Waals surface area contributed by atoms with Crippen molar-refractivity contribution in [3.05, 3.63) is 0 Å². The Hall–Kier alpha value is 0.790. The van der Waals surface area contributed by atoms with Gasteiger partial charge in [0.05, 0.1) is 0 Å². The molecule has 0 amide bonds. The average molecular weight is 282 g/mol. The Labute approximate surface area is 65.7 Å². The molecule has 0 saturated carbocycles. The molecule has 8 heavy (non-hydrogen) atoms. The first kappa shape index (κ1) is 8.79. The Morgan fingerprint density at radius 3 is 2.12 bits per heavy atom. The quantitative estimate of drug-likeness (QED) is 0.716. The molecule has 0 aromatic rings. The summed E-state index contributed by atoms with van der Waals surface area (Å²) in [7, 11) is 1.70. The molecule has 0 N–H and O–H groups in total. The van der Waals surface area contributed by atoms with Crippen LogP contribution >= 0.6 is 0 Å². The first-order valence-electron chi connectivity index (χ1n) is 2.46. The van der Waals surface area contributed by atoms with Gasteiger partial charge in [-0.15, -0.1) is 0 Å². The van der Waals surface area contributed by atoms with Crippen LogP contribution in [0.2, 0.25) is 0 Å². The molecule has 0 aliphatic carbocycles. The van der Waals surface area contributed by atoms with Crippen LogP contribution in [0.25, 0.3) is 0 Å². The van der Waals surface area contributed by atoms with Crippen molar-refractivity contribution in [1.82, 2.24) is 0 Å². The molecule has 0 heterocycles. The van der Waals surface area contributed by atoms with Gasteiger partial charge in [-0.25, -0.2) is 0 Å². The van der Waals surface area contributed by atoms with Crippen LogP contribution in [0.1, 0.15) is 13.8 Å². The Balaban J connectivity index is 3.37. The van der Waals surface area contributed by atoms with Crippen molar-refractivity contribution in [3.63, 3.8) is 0 Å². The monoisotopic (exact) mass is 283 g/mol. The molecule has 2 nitrogen and oxygen atoms in total. The Morgan fingerprint density at radius 1 is 1.50 bits per heavy atom. The summed E-state index contributed by atoms with van der Waals surface area (Å²) in [5.41, 5.74) is -0.0955.